The fourth-order valence-corrected chi connectivity index (χ4v) is 7.27. The van der Waals surface area contributed by atoms with Crippen LogP contribution in [0.1, 0.15) is 45.7 Å². The van der Waals surface area contributed by atoms with Crippen molar-refractivity contribution in [3.8, 4) is 10.6 Å². The summed E-state index contributed by atoms with van der Waals surface area (Å²) >= 11 is 9.74. The number of nitrogens with zero attached hydrogens (tertiary/aromatic N) is 4. The van der Waals surface area contributed by atoms with Crippen LogP contribution in [0.25, 0.3) is 32.9 Å². The van der Waals surface area contributed by atoms with Crippen molar-refractivity contribution >= 4 is 62.5 Å². The van der Waals surface area contributed by atoms with Crippen LogP contribution in [-0.2, 0) is 6.54 Å². The number of aromatic nitrogens is 4. The lowest BCUT2D eigenvalue weighted by Crippen LogP contribution is -2.02. The van der Waals surface area contributed by atoms with Gasteiger partial charge in [0.05, 0.1) is 22.1 Å². The quantitative estimate of drug-likeness (QED) is 0.260. The van der Waals surface area contributed by atoms with Crippen molar-refractivity contribution in [2.75, 3.05) is 5.73 Å². The highest BCUT2D eigenvalue weighted by molar-refractivity contribution is 7.16. The first-order chi connectivity index (χ1) is 17.0. The minimum atomic E-state index is 0.263. The molecule has 0 atom stereocenters. The zero-order valence-corrected chi connectivity index (χ0v) is 21.9. The van der Waals surface area contributed by atoms with Crippen molar-refractivity contribution in [2.45, 2.75) is 39.7 Å². The summed E-state index contributed by atoms with van der Waals surface area (Å²) in [5, 5.41) is 0. The van der Waals surface area contributed by atoms with Crippen molar-refractivity contribution in [2.24, 2.45) is 0 Å². The number of aryl methyl sites for hydroxylation is 2. The van der Waals surface area contributed by atoms with Crippen LogP contribution in [0.2, 0.25) is 4.34 Å². The zero-order chi connectivity index (χ0) is 24.1. The van der Waals surface area contributed by atoms with E-state index in [1.807, 2.05) is 29.1 Å². The molecule has 4 heterocycles. The number of hydrogen-bond donors (Lipinski definition) is 1. The normalized spacial score (nSPS) is 13.9. The Morgan fingerprint density at radius 3 is 2.40 bits per heavy atom. The maximum absolute atomic E-state index is 6.34. The number of thiophene rings is 2. The van der Waals surface area contributed by atoms with Crippen LogP contribution in [0, 0.1) is 13.8 Å². The minimum absolute atomic E-state index is 0.263. The van der Waals surface area contributed by atoms with Gasteiger partial charge in [0.25, 0.3) is 0 Å². The number of hydrogen-bond acceptors (Lipinski definition) is 6. The molecule has 0 radical (unpaired) electrons. The Balaban J connectivity index is 1.44. The Morgan fingerprint density at radius 2 is 1.69 bits per heavy atom. The molecular weight excluding hydrogens is 494 g/mol. The fraction of sp³-hybridized carbons (Fsp3) is 0.222. The van der Waals surface area contributed by atoms with E-state index in [0.29, 0.717) is 6.54 Å². The predicted octanol–water partition coefficient (Wildman–Crippen LogP) is 7.61. The molecular formula is C27H24ClN5S2. The second-order valence-electron chi connectivity index (χ2n) is 8.87. The van der Waals surface area contributed by atoms with Gasteiger partial charge in [0, 0.05) is 9.75 Å². The van der Waals surface area contributed by atoms with Crippen molar-refractivity contribution in [1.82, 2.24) is 19.5 Å². The lowest BCUT2D eigenvalue weighted by atomic mass is 9.97. The van der Waals surface area contributed by atoms with E-state index >= 15 is 0 Å². The molecule has 0 bridgehead atoms. The van der Waals surface area contributed by atoms with Gasteiger partial charge in [-0.25, -0.2) is 9.97 Å². The van der Waals surface area contributed by atoms with Gasteiger partial charge in [-0.05, 0) is 73.1 Å². The number of nitrogens with two attached hydrogens (primary N) is 1. The third-order valence-corrected chi connectivity index (χ3v) is 8.82. The maximum atomic E-state index is 6.34. The molecule has 0 amide bonds. The van der Waals surface area contributed by atoms with E-state index in [1.54, 1.807) is 22.7 Å². The molecule has 1 aromatic carbocycles. The van der Waals surface area contributed by atoms with E-state index in [-0.39, 0.29) is 5.95 Å². The van der Waals surface area contributed by atoms with Gasteiger partial charge >= 0.3 is 0 Å². The van der Waals surface area contributed by atoms with Crippen LogP contribution < -0.4 is 5.73 Å². The molecule has 6 rings (SSSR count). The molecule has 35 heavy (non-hydrogen) atoms. The van der Waals surface area contributed by atoms with E-state index in [9.17, 15) is 0 Å². The summed E-state index contributed by atoms with van der Waals surface area (Å²) in [6.45, 7) is 5.03. The van der Waals surface area contributed by atoms with Crippen LogP contribution in [0.4, 0.5) is 5.95 Å². The summed E-state index contributed by atoms with van der Waals surface area (Å²) in [6, 6.07) is 14.7. The number of benzene rings is 1. The standard InChI is InChI=1S/C27H24ClN5S2/c1-15-20(18-9-6-10-19(18)21-12-23(28)35-16(21)2)11-22(34-15)24-25-26(32-27(29)31-24)33(14-30-25)13-17-7-4-3-5-8-17/h3-5,7-8,11-12,14H,6,9-10,13H2,1-2H3,(H2,29,31,32). The molecule has 0 fully saturated rings. The van der Waals surface area contributed by atoms with E-state index in [4.69, 9.17) is 22.3 Å². The highest BCUT2D eigenvalue weighted by Crippen LogP contribution is 2.46. The summed E-state index contributed by atoms with van der Waals surface area (Å²) < 4.78 is 2.89. The summed E-state index contributed by atoms with van der Waals surface area (Å²) in [5.74, 6) is 0.263. The molecule has 176 valence electrons. The number of anilines is 1. The third-order valence-electron chi connectivity index (χ3n) is 6.58. The van der Waals surface area contributed by atoms with Crippen molar-refractivity contribution in [3.63, 3.8) is 0 Å². The van der Waals surface area contributed by atoms with E-state index in [2.05, 4.69) is 48.1 Å². The molecule has 0 spiro atoms. The molecule has 8 heteroatoms. The first-order valence-corrected chi connectivity index (χ1v) is 13.6. The summed E-state index contributed by atoms with van der Waals surface area (Å²) in [7, 11) is 0. The summed E-state index contributed by atoms with van der Waals surface area (Å²) in [5.41, 5.74) is 15.2. The van der Waals surface area contributed by atoms with Crippen LogP contribution in [0.15, 0.2) is 48.8 Å². The Bertz CT molecular complexity index is 1590. The van der Waals surface area contributed by atoms with Crippen LogP contribution in [0.5, 0.6) is 0 Å². The van der Waals surface area contributed by atoms with Crippen molar-refractivity contribution in [3.05, 3.63) is 79.6 Å². The molecule has 0 unspecified atom stereocenters. The van der Waals surface area contributed by atoms with Gasteiger partial charge in [-0.2, -0.15) is 4.98 Å². The number of imidazole rings is 1. The topological polar surface area (TPSA) is 69.6 Å². The molecule has 5 nitrogen and oxygen atoms in total. The molecule has 0 saturated carbocycles. The molecule has 5 aromatic rings. The largest absolute Gasteiger partial charge is 0.368 e. The molecule has 0 aliphatic heterocycles. The third kappa shape index (κ3) is 4.07. The highest BCUT2D eigenvalue weighted by Gasteiger charge is 2.24. The monoisotopic (exact) mass is 517 g/mol. The maximum Gasteiger partial charge on any atom is 0.222 e. The second kappa shape index (κ2) is 8.90. The van der Waals surface area contributed by atoms with Crippen LogP contribution in [0.3, 0.4) is 0 Å². The highest BCUT2D eigenvalue weighted by atomic mass is 35.5. The first-order valence-electron chi connectivity index (χ1n) is 11.6. The zero-order valence-electron chi connectivity index (χ0n) is 19.5. The first kappa shape index (κ1) is 22.5. The Hall–Kier alpha value is -3.00. The Labute approximate surface area is 217 Å². The van der Waals surface area contributed by atoms with Gasteiger partial charge in [-0.15, -0.1) is 22.7 Å². The average molecular weight is 518 g/mol. The van der Waals surface area contributed by atoms with Crippen molar-refractivity contribution in [1.29, 1.82) is 0 Å². The van der Waals surface area contributed by atoms with E-state index < -0.39 is 0 Å². The number of allylic oxidation sites excluding steroid dienone is 2. The van der Waals surface area contributed by atoms with Gasteiger partial charge in [-0.3, -0.25) is 0 Å². The van der Waals surface area contributed by atoms with Crippen molar-refractivity contribution < 1.29 is 0 Å². The van der Waals surface area contributed by atoms with Gasteiger partial charge < -0.3 is 10.3 Å². The van der Waals surface area contributed by atoms with Gasteiger partial charge in [0.2, 0.25) is 5.95 Å². The van der Waals surface area contributed by atoms with Gasteiger partial charge in [0.15, 0.2) is 5.65 Å². The Morgan fingerprint density at radius 1 is 0.971 bits per heavy atom. The number of nitrogen functional groups attached to an aromatic ring is 1. The molecule has 4 aromatic heterocycles. The number of rotatable bonds is 5. The second-order valence-corrected chi connectivity index (χ2v) is 12.0. The molecule has 1 aliphatic carbocycles. The summed E-state index contributed by atoms with van der Waals surface area (Å²) in [4.78, 5) is 17.5. The minimum Gasteiger partial charge on any atom is -0.368 e. The van der Waals surface area contributed by atoms with E-state index in [1.165, 1.54) is 37.6 Å². The molecule has 2 N–H and O–H groups in total. The summed E-state index contributed by atoms with van der Waals surface area (Å²) in [6.07, 6.45) is 5.16. The van der Waals surface area contributed by atoms with E-state index in [0.717, 1.165) is 45.3 Å². The van der Waals surface area contributed by atoms with Crippen LogP contribution in [-0.4, -0.2) is 19.5 Å². The smallest absolute Gasteiger partial charge is 0.222 e. The lowest BCUT2D eigenvalue weighted by molar-refractivity contribution is 0.814. The number of fused-ring (bicyclic) bond motifs is 1. The SMILES string of the molecule is Cc1sc(Cl)cc1C1=C(c2cc(-c3nc(N)nc4c3ncn4Cc3ccccc3)sc2C)CCC1. The van der Waals surface area contributed by atoms with Gasteiger partial charge in [0.1, 0.15) is 11.2 Å². The van der Waals surface area contributed by atoms with Crippen LogP contribution >= 0.6 is 34.3 Å². The molecule has 1 aliphatic rings. The Kier molecular flexibility index (Phi) is 5.71. The average Bonchev–Trinajstić information content (AvgIpc) is 3.61. The number of halogens is 1. The molecule has 0 saturated heterocycles. The van der Waals surface area contributed by atoms with Gasteiger partial charge in [-0.1, -0.05) is 41.9 Å². The fourth-order valence-electron chi connectivity index (χ4n) is 5.01. The lowest BCUT2D eigenvalue weighted by Gasteiger charge is -2.07. The predicted molar refractivity (Wildman–Crippen MR) is 148 cm³/mol.